The average molecular weight is 459 g/mol. The maximum Gasteiger partial charge on any atom is 0.139 e. The Hall–Kier alpha value is -3.42. The van der Waals surface area contributed by atoms with Crippen molar-refractivity contribution in [1.29, 1.82) is 0 Å². The lowest BCUT2D eigenvalue weighted by molar-refractivity contribution is -0.118. The number of hydrogen-bond acceptors (Lipinski definition) is 6. The van der Waals surface area contributed by atoms with Gasteiger partial charge in [-0.25, -0.2) is 4.68 Å². The molecule has 1 aromatic carbocycles. The standard InChI is InChI=1S/C27H30N4O3/c1-19(21-7-5-4-6-8-21)13-25(32)16-23-15-22-17-29-31(24-9-10-28-20(2)14-24)27(22)26(30-23)18-34-12-11-33-3/h4-10,14-15,17,19H,11-13,16,18H2,1-3H3/t19-/m0/s1. The molecule has 0 fully saturated rings. The Balaban J connectivity index is 1.60. The number of rotatable bonds is 11. The summed E-state index contributed by atoms with van der Waals surface area (Å²) >= 11 is 0. The fourth-order valence-corrected chi connectivity index (χ4v) is 4.07. The van der Waals surface area contributed by atoms with Crippen LogP contribution in [0.1, 0.15) is 41.9 Å². The molecule has 0 radical (unpaired) electrons. The van der Waals surface area contributed by atoms with Gasteiger partial charge < -0.3 is 9.47 Å². The zero-order chi connectivity index (χ0) is 23.9. The Morgan fingerprint density at radius 3 is 2.71 bits per heavy atom. The maximum atomic E-state index is 12.9. The third kappa shape index (κ3) is 5.73. The first kappa shape index (κ1) is 23.7. The molecule has 0 spiro atoms. The van der Waals surface area contributed by atoms with Crippen molar-refractivity contribution in [1.82, 2.24) is 19.7 Å². The van der Waals surface area contributed by atoms with Crippen LogP contribution in [0.15, 0.2) is 60.9 Å². The van der Waals surface area contributed by atoms with Crippen LogP contribution in [0.5, 0.6) is 0 Å². The molecule has 0 aliphatic rings. The molecular weight excluding hydrogens is 428 g/mol. The SMILES string of the molecule is COCCOCc1nc(CC(=O)C[C@H](C)c2ccccc2)cc2cnn(-c3ccnc(C)c3)c12. The van der Waals surface area contributed by atoms with E-state index in [-0.39, 0.29) is 18.1 Å². The number of fused-ring (bicyclic) bond motifs is 1. The minimum absolute atomic E-state index is 0.159. The van der Waals surface area contributed by atoms with Crippen molar-refractivity contribution in [3.63, 3.8) is 0 Å². The Labute approximate surface area is 199 Å². The van der Waals surface area contributed by atoms with Crippen LogP contribution in [0, 0.1) is 6.92 Å². The highest BCUT2D eigenvalue weighted by atomic mass is 16.5. The molecule has 0 aliphatic carbocycles. The van der Waals surface area contributed by atoms with Crippen molar-refractivity contribution < 1.29 is 14.3 Å². The van der Waals surface area contributed by atoms with E-state index in [0.29, 0.717) is 26.2 Å². The summed E-state index contributed by atoms with van der Waals surface area (Å²) in [6.45, 7) is 5.29. The first-order valence-corrected chi connectivity index (χ1v) is 11.5. The molecule has 0 amide bonds. The molecular formula is C27H30N4O3. The number of methoxy groups -OCH3 is 1. The Bertz CT molecular complexity index is 1250. The van der Waals surface area contributed by atoms with E-state index in [1.807, 2.05) is 54.2 Å². The summed E-state index contributed by atoms with van der Waals surface area (Å²) in [5.41, 5.74) is 5.33. The molecule has 7 heteroatoms. The number of carbonyl (C=O) groups is 1. The predicted octanol–water partition coefficient (Wildman–Crippen LogP) is 4.59. The Morgan fingerprint density at radius 2 is 1.94 bits per heavy atom. The van der Waals surface area contributed by atoms with Crippen LogP contribution in [0.4, 0.5) is 0 Å². The number of benzene rings is 1. The molecule has 0 unspecified atom stereocenters. The Morgan fingerprint density at radius 1 is 1.12 bits per heavy atom. The van der Waals surface area contributed by atoms with Crippen molar-refractivity contribution >= 4 is 16.7 Å². The summed E-state index contributed by atoms with van der Waals surface area (Å²) in [5, 5.41) is 5.53. The van der Waals surface area contributed by atoms with Gasteiger partial charge in [0.05, 0.1) is 42.9 Å². The fourth-order valence-electron chi connectivity index (χ4n) is 4.07. The molecule has 176 valence electrons. The molecule has 0 saturated heterocycles. The summed E-state index contributed by atoms with van der Waals surface area (Å²) < 4.78 is 12.8. The van der Waals surface area contributed by atoms with E-state index in [4.69, 9.17) is 14.5 Å². The number of pyridine rings is 2. The van der Waals surface area contributed by atoms with Gasteiger partial charge in [-0.15, -0.1) is 0 Å². The highest BCUT2D eigenvalue weighted by Gasteiger charge is 2.17. The van der Waals surface area contributed by atoms with Crippen molar-refractivity contribution in [3.05, 3.63) is 83.6 Å². The molecule has 0 aliphatic heterocycles. The maximum absolute atomic E-state index is 12.9. The summed E-state index contributed by atoms with van der Waals surface area (Å²) in [6, 6.07) is 16.0. The predicted molar refractivity (Wildman–Crippen MR) is 131 cm³/mol. The van der Waals surface area contributed by atoms with Gasteiger partial charge in [-0.2, -0.15) is 5.10 Å². The number of ether oxygens (including phenoxy) is 2. The smallest absolute Gasteiger partial charge is 0.139 e. The van der Waals surface area contributed by atoms with E-state index in [2.05, 4.69) is 29.1 Å². The zero-order valence-electron chi connectivity index (χ0n) is 19.9. The van der Waals surface area contributed by atoms with Crippen molar-refractivity contribution in [3.8, 4) is 5.69 Å². The van der Waals surface area contributed by atoms with Crippen molar-refractivity contribution in [2.24, 2.45) is 0 Å². The highest BCUT2D eigenvalue weighted by molar-refractivity contribution is 5.85. The summed E-state index contributed by atoms with van der Waals surface area (Å²) in [5.74, 6) is 0.318. The monoisotopic (exact) mass is 458 g/mol. The summed E-state index contributed by atoms with van der Waals surface area (Å²) in [6.07, 6.45) is 4.32. The zero-order valence-corrected chi connectivity index (χ0v) is 19.9. The fraction of sp³-hybridized carbons (Fsp3) is 0.333. The minimum atomic E-state index is 0.159. The molecule has 1 atom stereocenters. The average Bonchev–Trinajstić information content (AvgIpc) is 3.26. The molecule has 4 aromatic rings. The molecule has 3 aromatic heterocycles. The van der Waals surface area contributed by atoms with Crippen LogP contribution in [-0.4, -0.2) is 45.9 Å². The van der Waals surface area contributed by atoms with Crippen LogP contribution in [0.2, 0.25) is 0 Å². The van der Waals surface area contributed by atoms with Gasteiger partial charge >= 0.3 is 0 Å². The second-order valence-electron chi connectivity index (χ2n) is 8.49. The number of aryl methyl sites for hydroxylation is 1. The number of Topliss-reactive ketones (excluding diaryl/α,β-unsaturated/α-hetero) is 1. The van der Waals surface area contributed by atoms with Gasteiger partial charge in [-0.3, -0.25) is 14.8 Å². The molecule has 34 heavy (non-hydrogen) atoms. The lowest BCUT2D eigenvalue weighted by Crippen LogP contribution is -2.11. The number of hydrogen-bond donors (Lipinski definition) is 0. The lowest BCUT2D eigenvalue weighted by Gasteiger charge is -2.13. The van der Waals surface area contributed by atoms with Gasteiger partial charge in [0.1, 0.15) is 5.78 Å². The van der Waals surface area contributed by atoms with Crippen molar-refractivity contribution in [2.45, 2.75) is 39.2 Å². The molecule has 0 saturated carbocycles. The summed E-state index contributed by atoms with van der Waals surface area (Å²) in [4.78, 5) is 22.0. The van der Waals surface area contributed by atoms with Gasteiger partial charge in [0.2, 0.25) is 0 Å². The van der Waals surface area contributed by atoms with Crippen LogP contribution in [-0.2, 0) is 27.3 Å². The second-order valence-corrected chi connectivity index (χ2v) is 8.49. The molecule has 0 N–H and O–H groups in total. The normalized spacial score (nSPS) is 12.2. The van der Waals surface area contributed by atoms with Gasteiger partial charge in [0.15, 0.2) is 0 Å². The molecule has 4 rings (SSSR count). The number of ketones is 1. The van der Waals surface area contributed by atoms with E-state index < -0.39 is 0 Å². The van der Waals surface area contributed by atoms with Crippen LogP contribution in [0.25, 0.3) is 16.6 Å². The van der Waals surface area contributed by atoms with Crippen LogP contribution < -0.4 is 0 Å². The number of carbonyl (C=O) groups excluding carboxylic acids is 1. The molecule has 7 nitrogen and oxygen atoms in total. The van der Waals surface area contributed by atoms with E-state index in [0.717, 1.165) is 33.7 Å². The molecule has 3 heterocycles. The third-order valence-corrected chi connectivity index (χ3v) is 5.75. The second kappa shape index (κ2) is 11.1. The van der Waals surface area contributed by atoms with E-state index in [1.165, 1.54) is 5.56 Å². The highest BCUT2D eigenvalue weighted by Crippen LogP contribution is 2.25. The van der Waals surface area contributed by atoms with Gasteiger partial charge in [-0.05, 0) is 36.6 Å². The Kier molecular flexibility index (Phi) is 7.77. The first-order valence-electron chi connectivity index (χ1n) is 11.5. The van der Waals surface area contributed by atoms with Crippen LogP contribution >= 0.6 is 0 Å². The number of aromatic nitrogens is 4. The van der Waals surface area contributed by atoms with E-state index in [1.54, 1.807) is 13.3 Å². The van der Waals surface area contributed by atoms with Crippen molar-refractivity contribution in [2.75, 3.05) is 20.3 Å². The van der Waals surface area contributed by atoms with Crippen LogP contribution in [0.3, 0.4) is 0 Å². The lowest BCUT2D eigenvalue weighted by atomic mass is 9.94. The van der Waals surface area contributed by atoms with Gasteiger partial charge in [-0.1, -0.05) is 37.3 Å². The van der Waals surface area contributed by atoms with E-state index in [9.17, 15) is 4.79 Å². The van der Waals surface area contributed by atoms with Gasteiger partial charge in [0.25, 0.3) is 0 Å². The number of nitrogens with zero attached hydrogens (tertiary/aromatic N) is 4. The third-order valence-electron chi connectivity index (χ3n) is 5.75. The quantitative estimate of drug-likeness (QED) is 0.306. The topological polar surface area (TPSA) is 79.1 Å². The minimum Gasteiger partial charge on any atom is -0.382 e. The molecule has 0 bridgehead atoms. The van der Waals surface area contributed by atoms with Gasteiger partial charge in [0, 0.05) is 42.9 Å². The first-order chi connectivity index (χ1) is 16.5. The van der Waals surface area contributed by atoms with E-state index >= 15 is 0 Å². The largest absolute Gasteiger partial charge is 0.382 e. The summed E-state index contributed by atoms with van der Waals surface area (Å²) in [7, 11) is 1.64.